The fraction of sp³-hybridized carbons (Fsp3) is 0.429. The molecule has 0 amide bonds. The number of pyridine rings is 1. The number of aromatic nitrogens is 4. The number of hydrogen-bond donors (Lipinski definition) is 1. The zero-order valence-electron chi connectivity index (χ0n) is 28.4. The summed E-state index contributed by atoms with van der Waals surface area (Å²) in [7, 11) is 2.12. The first-order valence-corrected chi connectivity index (χ1v) is 18.2. The van der Waals surface area contributed by atoms with Crippen LogP contribution < -0.4 is 9.47 Å². The lowest BCUT2D eigenvalue weighted by molar-refractivity contribution is -0.145. The number of rotatable bonds is 14. The van der Waals surface area contributed by atoms with E-state index in [4.69, 9.17) is 37.4 Å². The highest BCUT2D eigenvalue weighted by Gasteiger charge is 2.33. The Labute approximate surface area is 312 Å². The van der Waals surface area contributed by atoms with Gasteiger partial charge in [0.2, 0.25) is 12.0 Å². The van der Waals surface area contributed by atoms with Crippen molar-refractivity contribution in [2.75, 3.05) is 46.4 Å². The molecule has 0 bridgehead atoms. The summed E-state index contributed by atoms with van der Waals surface area (Å²) in [5.74, 6) is -0.503. The minimum Gasteiger partial charge on any atom is -0.495 e. The maximum Gasteiger partial charge on any atom is 0.408 e. The van der Waals surface area contributed by atoms with E-state index in [9.17, 15) is 23.1 Å². The summed E-state index contributed by atoms with van der Waals surface area (Å²) >= 11 is 14.8. The Balaban J connectivity index is 1.20. The van der Waals surface area contributed by atoms with E-state index in [0.717, 1.165) is 54.5 Å². The SMILES string of the molecule is C[C@@H]1C(c2c(Cl)ncc3snc(O[C@H](Cc4ccccc4OCc4ccnn4CC(F)(F)F)C(=O)O)c23)=CC=C(OCCN2CCN(C)CC2)C1Cl. The van der Waals surface area contributed by atoms with Crippen LogP contribution in [0.1, 0.15) is 23.7 Å². The second-order valence-corrected chi connectivity index (χ2v) is 14.3. The van der Waals surface area contributed by atoms with Crippen LogP contribution in [0.3, 0.4) is 0 Å². The van der Waals surface area contributed by atoms with E-state index in [1.54, 1.807) is 30.5 Å². The number of hydrogen-bond acceptors (Lipinski definition) is 10. The highest BCUT2D eigenvalue weighted by molar-refractivity contribution is 7.13. The largest absolute Gasteiger partial charge is 0.495 e. The predicted octanol–water partition coefficient (Wildman–Crippen LogP) is 6.55. The Kier molecular flexibility index (Phi) is 12.0. The van der Waals surface area contributed by atoms with E-state index in [0.29, 0.717) is 33.6 Å². The first-order chi connectivity index (χ1) is 24.9. The summed E-state index contributed by atoms with van der Waals surface area (Å²) in [6.07, 6.45) is 0.533. The number of ether oxygens (including phenoxy) is 3. The minimum atomic E-state index is -4.46. The van der Waals surface area contributed by atoms with Crippen molar-refractivity contribution in [2.24, 2.45) is 5.92 Å². The third-order valence-electron chi connectivity index (χ3n) is 9.04. The second kappa shape index (κ2) is 16.4. The molecule has 52 heavy (non-hydrogen) atoms. The van der Waals surface area contributed by atoms with Crippen LogP contribution in [0.4, 0.5) is 13.2 Å². The molecule has 0 spiro atoms. The fourth-order valence-corrected chi connectivity index (χ4v) is 7.35. The van der Waals surface area contributed by atoms with Crippen LogP contribution in [0.2, 0.25) is 5.15 Å². The van der Waals surface area contributed by atoms with Crippen molar-refractivity contribution in [3.05, 3.63) is 82.6 Å². The molecule has 3 aromatic heterocycles. The topological polar surface area (TPSA) is 115 Å². The molecule has 4 heterocycles. The van der Waals surface area contributed by atoms with Gasteiger partial charge >= 0.3 is 12.1 Å². The molecule has 1 unspecified atom stereocenters. The van der Waals surface area contributed by atoms with Gasteiger partial charge in [0.15, 0.2) is 0 Å². The monoisotopic (exact) mass is 780 g/mol. The predicted molar refractivity (Wildman–Crippen MR) is 192 cm³/mol. The smallest absolute Gasteiger partial charge is 0.408 e. The van der Waals surface area contributed by atoms with Crippen LogP contribution >= 0.6 is 34.7 Å². The minimum absolute atomic E-state index is 0.0681. The number of para-hydroxylation sites is 1. The molecule has 17 heteroatoms. The van der Waals surface area contributed by atoms with Gasteiger partial charge in [0, 0.05) is 63.0 Å². The molecule has 1 aliphatic carbocycles. The van der Waals surface area contributed by atoms with Gasteiger partial charge in [0.25, 0.3) is 0 Å². The van der Waals surface area contributed by atoms with Gasteiger partial charge in [-0.25, -0.2) is 9.78 Å². The van der Waals surface area contributed by atoms with Crippen LogP contribution in [0.5, 0.6) is 11.6 Å². The Bertz CT molecular complexity index is 1950. The first kappa shape index (κ1) is 37.9. The number of carbonyl (C=O) groups is 1. The second-order valence-electron chi connectivity index (χ2n) is 12.7. The molecule has 1 fully saturated rings. The number of halogens is 5. The van der Waals surface area contributed by atoms with Gasteiger partial charge in [0.1, 0.15) is 36.4 Å². The van der Waals surface area contributed by atoms with E-state index >= 15 is 0 Å². The van der Waals surface area contributed by atoms with E-state index in [2.05, 4.69) is 31.3 Å². The number of piperazine rings is 1. The van der Waals surface area contributed by atoms with Crippen LogP contribution in [0.15, 0.2) is 60.6 Å². The van der Waals surface area contributed by atoms with Gasteiger partial charge in [-0.2, -0.15) is 22.6 Å². The average Bonchev–Trinajstić information content (AvgIpc) is 3.72. The molecule has 0 radical (unpaired) electrons. The zero-order chi connectivity index (χ0) is 37.0. The maximum absolute atomic E-state index is 13.0. The van der Waals surface area contributed by atoms with Crippen LogP contribution in [-0.2, 0) is 29.1 Å². The molecule has 11 nitrogen and oxygen atoms in total. The van der Waals surface area contributed by atoms with E-state index in [1.165, 1.54) is 12.3 Å². The quantitative estimate of drug-likeness (QED) is 0.112. The summed E-state index contributed by atoms with van der Waals surface area (Å²) in [5, 5.41) is 14.2. The maximum atomic E-state index is 13.0. The van der Waals surface area contributed by atoms with Gasteiger partial charge in [-0.1, -0.05) is 42.8 Å². The molecular formula is C35H37Cl2F3N6O5S. The van der Waals surface area contributed by atoms with Crippen molar-refractivity contribution in [3.8, 4) is 11.6 Å². The fourth-order valence-electron chi connectivity index (χ4n) is 6.13. The van der Waals surface area contributed by atoms with Crippen molar-refractivity contribution in [3.63, 3.8) is 0 Å². The molecule has 6 rings (SSSR count). The molecule has 1 N–H and O–H groups in total. The lowest BCUT2D eigenvalue weighted by Crippen LogP contribution is -2.45. The van der Waals surface area contributed by atoms with Crippen LogP contribution in [-0.4, -0.2) is 104 Å². The molecule has 1 aromatic carbocycles. The molecule has 2 aliphatic rings. The van der Waals surface area contributed by atoms with Crippen molar-refractivity contribution in [1.29, 1.82) is 0 Å². The Morgan fingerprint density at radius 3 is 2.65 bits per heavy atom. The van der Waals surface area contributed by atoms with E-state index in [-0.39, 0.29) is 41.4 Å². The number of carboxylic acids is 1. The molecule has 1 saturated heterocycles. The van der Waals surface area contributed by atoms with Crippen molar-refractivity contribution in [1.82, 2.24) is 28.9 Å². The Morgan fingerprint density at radius 1 is 1.13 bits per heavy atom. The normalized spacial score (nSPS) is 19.3. The number of likely N-dealkylation sites (N-methyl/N-ethyl adjacent to an activating group) is 1. The lowest BCUT2D eigenvalue weighted by Gasteiger charge is -2.33. The lowest BCUT2D eigenvalue weighted by atomic mass is 9.86. The van der Waals surface area contributed by atoms with E-state index in [1.807, 2.05) is 19.1 Å². The highest BCUT2D eigenvalue weighted by atomic mass is 35.5. The number of alkyl halides is 4. The summed E-state index contributed by atoms with van der Waals surface area (Å²) in [4.78, 5) is 21.6. The number of fused-ring (bicyclic) bond motifs is 1. The molecule has 3 atom stereocenters. The first-order valence-electron chi connectivity index (χ1n) is 16.6. The van der Waals surface area contributed by atoms with Crippen molar-refractivity contribution < 1.29 is 37.3 Å². The number of benzene rings is 1. The average molecular weight is 782 g/mol. The number of allylic oxidation sites excluding steroid dienone is 4. The number of nitrogens with zero attached hydrogens (tertiary/aromatic N) is 6. The Morgan fingerprint density at radius 2 is 1.90 bits per heavy atom. The van der Waals surface area contributed by atoms with Crippen LogP contribution in [0.25, 0.3) is 15.7 Å². The van der Waals surface area contributed by atoms with Gasteiger partial charge in [0.05, 0.1) is 21.2 Å². The molecule has 0 saturated carbocycles. The zero-order valence-corrected chi connectivity index (χ0v) is 30.7. The molecule has 278 valence electrons. The van der Waals surface area contributed by atoms with Gasteiger partial charge in [-0.3, -0.25) is 9.58 Å². The van der Waals surface area contributed by atoms with Crippen molar-refractivity contribution >= 4 is 56.4 Å². The highest BCUT2D eigenvalue weighted by Crippen LogP contribution is 2.44. The molecular weight excluding hydrogens is 744 g/mol. The van der Waals surface area contributed by atoms with Gasteiger partial charge in [-0.05, 0) is 47.9 Å². The van der Waals surface area contributed by atoms with Crippen molar-refractivity contribution in [2.45, 2.75) is 44.2 Å². The van der Waals surface area contributed by atoms with Crippen LogP contribution in [0, 0.1) is 5.92 Å². The third kappa shape index (κ3) is 9.00. The van der Waals surface area contributed by atoms with Gasteiger partial charge < -0.3 is 24.2 Å². The standard InChI is InChI=1S/C35H37Cl2F3N6O5S/c1-21-24(7-8-26(31(21)36)49-16-15-45-13-11-44(2)12-14-45)29-30-28(18-41-32(29)37)52-43-33(30)51-27(34(47)48)17-22-5-3-4-6-25(22)50-19-23-9-10-42-46(23)20-35(38,39)40/h3-10,18,21,27,31H,11-17,19-20H2,1-2H3,(H,47,48)/t21-,27-,31?/m1/s1. The Hall–Kier alpha value is -3.89. The molecule has 1 aliphatic heterocycles. The third-order valence-corrected chi connectivity index (χ3v) is 10.7. The van der Waals surface area contributed by atoms with Gasteiger partial charge in [-0.15, -0.1) is 11.6 Å². The summed E-state index contributed by atoms with van der Waals surface area (Å²) in [5.41, 5.74) is 1.98. The number of carboxylic acid groups (broad SMARTS) is 1. The summed E-state index contributed by atoms with van der Waals surface area (Å²) in [6.45, 7) is 5.80. The van der Waals surface area contributed by atoms with E-state index < -0.39 is 30.2 Å². The number of aliphatic carboxylic acids is 1. The molecule has 4 aromatic rings. The summed E-state index contributed by atoms with van der Waals surface area (Å²) in [6, 6.07) is 8.08. The summed E-state index contributed by atoms with van der Waals surface area (Å²) < 4.78 is 63.0.